The average Bonchev–Trinajstić information content (AvgIpc) is 3.83. The fourth-order valence-electron chi connectivity index (χ4n) is 7.31. The lowest BCUT2D eigenvalue weighted by Crippen LogP contribution is -2.14. The molecular weight excluding hydrogens is 744 g/mol. The fraction of sp³-hybridized carbons (Fsp3) is 0.273. The largest absolute Gasteiger partial charge is 0.491 e. The normalized spacial score (nSPS) is 14.5. The van der Waals surface area contributed by atoms with Gasteiger partial charge in [0, 0.05) is 65.0 Å². The summed E-state index contributed by atoms with van der Waals surface area (Å²) in [7, 11) is 0. The molecule has 0 saturated carbocycles. The van der Waals surface area contributed by atoms with Gasteiger partial charge in [-0.2, -0.15) is 0 Å². The summed E-state index contributed by atoms with van der Waals surface area (Å²) in [6, 6.07) is 24.9. The van der Waals surface area contributed by atoms with E-state index in [-0.39, 0.29) is 24.4 Å². The van der Waals surface area contributed by atoms with Gasteiger partial charge in [0.05, 0.1) is 18.9 Å². The molecule has 0 fully saturated rings. The number of rotatable bonds is 14. The maximum Gasteiger partial charge on any atom is 0.163 e. The lowest BCUT2D eigenvalue weighted by Gasteiger charge is -2.13. The zero-order valence-electron chi connectivity index (χ0n) is 31.5. The summed E-state index contributed by atoms with van der Waals surface area (Å²) in [4.78, 5) is 36.5. The number of pyridine rings is 1. The van der Waals surface area contributed by atoms with Crippen LogP contribution in [0.1, 0.15) is 62.4 Å². The molecule has 3 aromatic heterocycles. The molecule has 56 heavy (non-hydrogen) atoms. The first-order chi connectivity index (χ1) is 27.2. The van der Waals surface area contributed by atoms with Crippen LogP contribution in [0.15, 0.2) is 90.1 Å². The fourth-order valence-corrected chi connectivity index (χ4v) is 8.65. The van der Waals surface area contributed by atoms with E-state index in [1.165, 1.54) is 4.88 Å². The number of anilines is 1. The quantitative estimate of drug-likeness (QED) is 0.110. The van der Waals surface area contributed by atoms with Gasteiger partial charge < -0.3 is 14.8 Å². The topological polar surface area (TPSA) is 121 Å². The Kier molecular flexibility index (Phi) is 10.9. The number of halogens is 1. The first-order valence-electron chi connectivity index (χ1n) is 18.7. The number of ketones is 2. The van der Waals surface area contributed by atoms with Gasteiger partial charge >= 0.3 is 0 Å². The highest BCUT2D eigenvalue weighted by molar-refractivity contribution is 7.15. The number of carbonyl (C=O) groups is 2. The lowest BCUT2D eigenvalue weighted by atomic mass is 9.99. The molecule has 6 aromatic rings. The van der Waals surface area contributed by atoms with Crippen molar-refractivity contribution < 1.29 is 19.1 Å². The van der Waals surface area contributed by atoms with Crippen LogP contribution in [0.3, 0.4) is 0 Å². The van der Waals surface area contributed by atoms with Crippen LogP contribution in [0.4, 0.5) is 5.82 Å². The summed E-state index contributed by atoms with van der Waals surface area (Å²) in [5.74, 6) is 3.23. The van der Waals surface area contributed by atoms with Gasteiger partial charge in [-0.1, -0.05) is 54.1 Å². The van der Waals surface area contributed by atoms with Crippen LogP contribution in [0.5, 0.6) is 5.75 Å². The Morgan fingerprint density at radius 1 is 0.929 bits per heavy atom. The number of fused-ring (bicyclic) bond motifs is 4. The van der Waals surface area contributed by atoms with Crippen molar-refractivity contribution in [3.05, 3.63) is 140 Å². The molecule has 0 saturated heterocycles. The molecule has 0 bridgehead atoms. The molecule has 0 unspecified atom stereocenters. The molecule has 284 valence electrons. The number of thiophene rings is 1. The lowest BCUT2D eigenvalue weighted by molar-refractivity contribution is -0.119. The van der Waals surface area contributed by atoms with Gasteiger partial charge in [0.1, 0.15) is 46.6 Å². The van der Waals surface area contributed by atoms with E-state index in [0.717, 1.165) is 66.9 Å². The van der Waals surface area contributed by atoms with Gasteiger partial charge in [0.15, 0.2) is 5.82 Å². The molecule has 1 aliphatic carbocycles. The van der Waals surface area contributed by atoms with Crippen molar-refractivity contribution in [1.29, 1.82) is 0 Å². The van der Waals surface area contributed by atoms with Crippen molar-refractivity contribution in [3.63, 3.8) is 0 Å². The van der Waals surface area contributed by atoms with Crippen molar-refractivity contribution in [2.75, 3.05) is 31.7 Å². The highest BCUT2D eigenvalue weighted by Gasteiger charge is 2.32. The van der Waals surface area contributed by atoms with E-state index in [1.807, 2.05) is 73.7 Å². The third-order valence-electron chi connectivity index (χ3n) is 10.2. The van der Waals surface area contributed by atoms with Crippen LogP contribution in [-0.4, -0.2) is 63.4 Å². The van der Waals surface area contributed by atoms with Gasteiger partial charge in [0.2, 0.25) is 0 Å². The number of hydrogen-bond donors (Lipinski definition) is 1. The Hall–Kier alpha value is -5.49. The second-order valence-corrected chi connectivity index (χ2v) is 15.8. The smallest absolute Gasteiger partial charge is 0.163 e. The molecule has 1 N–H and O–H groups in total. The monoisotopic (exact) mass is 784 g/mol. The Balaban J connectivity index is 0.837. The molecule has 2 aliphatic rings. The Bertz CT molecular complexity index is 2450. The number of nitrogens with zero attached hydrogens (tertiary/aromatic N) is 5. The summed E-state index contributed by atoms with van der Waals surface area (Å²) in [6.45, 7) is 8.03. The Morgan fingerprint density at radius 2 is 1.71 bits per heavy atom. The van der Waals surface area contributed by atoms with E-state index in [4.69, 9.17) is 26.1 Å². The van der Waals surface area contributed by atoms with E-state index < -0.39 is 6.04 Å². The number of ether oxygens (including phenoxy) is 2. The van der Waals surface area contributed by atoms with E-state index in [1.54, 1.807) is 17.5 Å². The van der Waals surface area contributed by atoms with Crippen molar-refractivity contribution in [2.45, 2.75) is 52.5 Å². The van der Waals surface area contributed by atoms with Crippen LogP contribution in [0, 0.1) is 20.8 Å². The molecule has 10 nitrogen and oxygen atoms in total. The number of aromatic nitrogens is 4. The number of Topliss-reactive ketones (excluding diaryl/α,β-unsaturated/α-hetero) is 2. The average molecular weight is 785 g/mol. The predicted octanol–water partition coefficient (Wildman–Crippen LogP) is 8.24. The molecule has 8 rings (SSSR count). The molecule has 3 aromatic carbocycles. The van der Waals surface area contributed by atoms with Gasteiger partial charge in [-0.15, -0.1) is 21.5 Å². The summed E-state index contributed by atoms with van der Waals surface area (Å²) >= 11 is 7.94. The van der Waals surface area contributed by atoms with E-state index in [2.05, 4.69) is 51.0 Å². The van der Waals surface area contributed by atoms with Gasteiger partial charge in [-0.25, -0.2) is 4.98 Å². The number of carbonyl (C=O) groups excluding carboxylic acids is 2. The molecule has 0 amide bonds. The molecular formula is C44H41ClN6O4S. The highest BCUT2D eigenvalue weighted by atomic mass is 35.5. The van der Waals surface area contributed by atoms with Crippen LogP contribution in [-0.2, 0) is 33.6 Å². The predicted molar refractivity (Wildman–Crippen MR) is 220 cm³/mol. The van der Waals surface area contributed by atoms with Crippen molar-refractivity contribution in [1.82, 2.24) is 19.7 Å². The maximum absolute atomic E-state index is 13.6. The van der Waals surface area contributed by atoms with Crippen molar-refractivity contribution in [2.24, 2.45) is 4.99 Å². The molecule has 0 radical (unpaired) electrons. The summed E-state index contributed by atoms with van der Waals surface area (Å²) < 4.78 is 13.8. The third kappa shape index (κ3) is 7.93. The zero-order valence-corrected chi connectivity index (χ0v) is 33.0. The summed E-state index contributed by atoms with van der Waals surface area (Å²) in [5.41, 5.74) is 9.10. The van der Waals surface area contributed by atoms with Crippen LogP contribution in [0.2, 0.25) is 5.02 Å². The van der Waals surface area contributed by atoms with E-state index >= 15 is 0 Å². The first kappa shape index (κ1) is 37.4. The summed E-state index contributed by atoms with van der Waals surface area (Å²) in [6.07, 6.45) is 3.23. The minimum absolute atomic E-state index is 0.0526. The number of nitrogens with one attached hydrogen (secondary N) is 1. The second kappa shape index (κ2) is 16.3. The Labute approximate surface area is 334 Å². The minimum Gasteiger partial charge on any atom is -0.491 e. The van der Waals surface area contributed by atoms with Gasteiger partial charge in [-0.05, 0) is 85.0 Å². The van der Waals surface area contributed by atoms with Gasteiger partial charge in [-0.3, -0.25) is 19.1 Å². The third-order valence-corrected chi connectivity index (χ3v) is 11.7. The van der Waals surface area contributed by atoms with Crippen LogP contribution < -0.4 is 10.1 Å². The number of aliphatic imine (C=N–C) groups is 1. The van der Waals surface area contributed by atoms with Crippen LogP contribution in [0.25, 0.3) is 16.1 Å². The second-order valence-electron chi connectivity index (χ2n) is 14.1. The standard InChI is InChI=1S/C44H41ClN6O4S/c1-26-27(2)56-44-40(26)41(30-10-12-34(45)13-11-30)48-39(43-50-49-28(3)51(43)44)25-35(52)21-29-6-14-37(15-7-29)55-20-19-54-18-17-47-42-38(5-4-16-46-42)32-9-8-31-23-36(53)24-33(31)22-32/h4-16,22,39H,17-21,23-25H2,1-3H3,(H,46,47)/t39-/m0/s1. The molecule has 1 aliphatic heterocycles. The van der Waals surface area contributed by atoms with Crippen LogP contribution >= 0.6 is 22.9 Å². The highest BCUT2D eigenvalue weighted by Crippen LogP contribution is 2.40. The zero-order chi connectivity index (χ0) is 38.8. The van der Waals surface area contributed by atoms with E-state index in [0.29, 0.717) is 55.8 Å². The molecule has 12 heteroatoms. The van der Waals surface area contributed by atoms with E-state index in [9.17, 15) is 9.59 Å². The Morgan fingerprint density at radius 3 is 2.54 bits per heavy atom. The SMILES string of the molecule is Cc1sc2c(c1C)C(c1ccc(Cl)cc1)=N[C@@H](CC(=O)Cc1ccc(OCCOCCNc3ncccc3-c3ccc4c(c3)CC(=O)C4)cc1)c1nnc(C)n1-2. The number of benzene rings is 3. The molecule has 1 atom stereocenters. The van der Waals surface area contributed by atoms with Gasteiger partial charge in [0.25, 0.3) is 0 Å². The van der Waals surface area contributed by atoms with Crippen molar-refractivity contribution >= 4 is 46.0 Å². The minimum atomic E-state index is -0.505. The first-order valence-corrected chi connectivity index (χ1v) is 19.9. The number of hydrogen-bond acceptors (Lipinski definition) is 10. The maximum atomic E-state index is 13.6. The van der Waals surface area contributed by atoms with Crippen molar-refractivity contribution in [3.8, 4) is 21.9 Å². The molecule has 0 spiro atoms. The summed E-state index contributed by atoms with van der Waals surface area (Å²) in [5, 5.41) is 14.0. The number of aryl methyl sites for hydroxylation is 2. The molecule has 4 heterocycles.